The molecule has 0 amide bonds. The molecule has 0 saturated heterocycles. The molecule has 8 heteroatoms. The molecular formula is C41H62O8. The third kappa shape index (κ3) is 17.0. The van der Waals surface area contributed by atoms with E-state index in [9.17, 15) is 30.0 Å². The molecule has 8 nitrogen and oxygen atoms in total. The minimum Gasteiger partial charge on any atom is -0.462 e. The Morgan fingerprint density at radius 3 is 2.41 bits per heavy atom. The summed E-state index contributed by atoms with van der Waals surface area (Å²) in [5.74, 6) is -0.599. The van der Waals surface area contributed by atoms with E-state index in [1.165, 1.54) is 0 Å². The van der Waals surface area contributed by atoms with Crippen molar-refractivity contribution >= 4 is 18.0 Å². The first-order valence-corrected chi connectivity index (χ1v) is 18.0. The molecule has 0 radical (unpaired) electrons. The maximum Gasteiger partial charge on any atom is 0.338 e. The molecule has 0 aliphatic carbocycles. The van der Waals surface area contributed by atoms with E-state index in [2.05, 4.69) is 26.0 Å². The fourth-order valence-corrected chi connectivity index (χ4v) is 6.14. The lowest BCUT2D eigenvalue weighted by Crippen LogP contribution is -2.28. The highest BCUT2D eigenvalue weighted by atomic mass is 16.5. The van der Waals surface area contributed by atoms with Crippen molar-refractivity contribution in [3.8, 4) is 0 Å². The molecule has 2 rings (SSSR count). The maximum atomic E-state index is 13.3. The Hall–Kier alpha value is -3.04. The van der Waals surface area contributed by atoms with Crippen LogP contribution in [0, 0.1) is 17.8 Å². The normalized spacial score (nSPS) is 24.5. The minimum atomic E-state index is -0.614. The molecule has 4 N–H and O–H groups in total. The van der Waals surface area contributed by atoms with Gasteiger partial charge >= 0.3 is 11.9 Å². The smallest absolute Gasteiger partial charge is 0.338 e. The van der Waals surface area contributed by atoms with E-state index < -0.39 is 30.4 Å². The Kier molecular flexibility index (Phi) is 18.8. The zero-order valence-corrected chi connectivity index (χ0v) is 30.8. The van der Waals surface area contributed by atoms with Gasteiger partial charge in [0.25, 0.3) is 0 Å². The first-order chi connectivity index (χ1) is 23.1. The van der Waals surface area contributed by atoms with Crippen molar-refractivity contribution in [1.29, 1.82) is 0 Å². The van der Waals surface area contributed by atoms with Crippen LogP contribution < -0.4 is 0 Å². The summed E-state index contributed by atoms with van der Waals surface area (Å²) in [5, 5.41) is 39.4. The van der Waals surface area contributed by atoms with E-state index in [-0.39, 0.29) is 42.4 Å². The number of carbonyl (C=O) groups is 2. The highest BCUT2D eigenvalue weighted by Gasteiger charge is 2.26. The van der Waals surface area contributed by atoms with Crippen LogP contribution in [0.15, 0.2) is 65.8 Å². The summed E-state index contributed by atoms with van der Waals surface area (Å²) in [7, 11) is 0. The van der Waals surface area contributed by atoms with Crippen LogP contribution in [-0.4, -0.2) is 69.0 Å². The number of cyclic esters (lactones) is 1. The van der Waals surface area contributed by atoms with Crippen LogP contribution in [0.3, 0.4) is 0 Å². The van der Waals surface area contributed by atoms with E-state index in [0.29, 0.717) is 44.1 Å². The predicted octanol–water partition coefficient (Wildman–Crippen LogP) is 7.50. The average Bonchev–Trinajstić information content (AvgIpc) is 3.02. The number of benzene rings is 1. The molecule has 1 aliphatic heterocycles. The molecule has 0 bridgehead atoms. The first-order valence-electron chi connectivity index (χ1n) is 18.0. The molecule has 9 unspecified atom stereocenters. The summed E-state index contributed by atoms with van der Waals surface area (Å²) in [6.45, 7) is 13.4. The standard InChI is InChI=1S/C41H62O8/c1-27(19-21-36(44)24-32(6)42)18-20-34-13-10-14-35(26-34)41(47)49-38-16-11-17-40(46)48-39(15-9-8-12-29(38)3)31(5)23-28(2)22-30(4)37(45)25-33(7)43/h8-10,13-14,18-20,22,26,29-33,36-39,42-45H,11-12,15-17,21,23-25H2,1-7H3/b9-8+,20-18+,27-19+,28-22+. The Morgan fingerprint density at radius 1 is 1.02 bits per heavy atom. The summed E-state index contributed by atoms with van der Waals surface area (Å²) in [4.78, 5) is 26.2. The molecule has 1 heterocycles. The Bertz CT molecular complexity index is 1280. The van der Waals surface area contributed by atoms with Crippen molar-refractivity contribution in [1.82, 2.24) is 0 Å². The number of aliphatic hydroxyl groups is 4. The minimum absolute atomic E-state index is 0.0614. The van der Waals surface area contributed by atoms with E-state index in [1.54, 1.807) is 26.0 Å². The van der Waals surface area contributed by atoms with Crippen molar-refractivity contribution < 1.29 is 39.5 Å². The lowest BCUT2D eigenvalue weighted by Gasteiger charge is -2.26. The van der Waals surface area contributed by atoms with Crippen LogP contribution in [0.25, 0.3) is 6.08 Å². The number of aliphatic hydroxyl groups excluding tert-OH is 4. The summed E-state index contributed by atoms with van der Waals surface area (Å²) in [5.41, 5.74) is 3.39. The maximum absolute atomic E-state index is 13.3. The largest absolute Gasteiger partial charge is 0.462 e. The van der Waals surface area contributed by atoms with Crippen molar-refractivity contribution in [3.63, 3.8) is 0 Å². The fourth-order valence-electron chi connectivity index (χ4n) is 6.14. The van der Waals surface area contributed by atoms with Gasteiger partial charge in [-0.25, -0.2) is 4.79 Å². The second-order valence-corrected chi connectivity index (χ2v) is 14.4. The van der Waals surface area contributed by atoms with Crippen LogP contribution in [-0.2, 0) is 14.3 Å². The van der Waals surface area contributed by atoms with Gasteiger partial charge in [-0.15, -0.1) is 0 Å². The topological polar surface area (TPSA) is 134 Å². The van der Waals surface area contributed by atoms with E-state index in [0.717, 1.165) is 29.6 Å². The summed E-state index contributed by atoms with van der Waals surface area (Å²) < 4.78 is 12.0. The van der Waals surface area contributed by atoms with Crippen molar-refractivity contribution in [2.24, 2.45) is 17.8 Å². The third-order valence-electron chi connectivity index (χ3n) is 9.09. The fraction of sp³-hybridized carbons (Fsp3) is 0.610. The monoisotopic (exact) mass is 682 g/mol. The molecule has 9 atom stereocenters. The molecule has 49 heavy (non-hydrogen) atoms. The van der Waals surface area contributed by atoms with Crippen LogP contribution in [0.1, 0.15) is 122 Å². The molecular weight excluding hydrogens is 620 g/mol. The molecule has 274 valence electrons. The lowest BCUT2D eigenvalue weighted by molar-refractivity contribution is -0.151. The van der Waals surface area contributed by atoms with Gasteiger partial charge in [-0.3, -0.25) is 4.79 Å². The first kappa shape index (κ1) is 42.1. The van der Waals surface area contributed by atoms with Gasteiger partial charge in [-0.2, -0.15) is 0 Å². The van der Waals surface area contributed by atoms with Gasteiger partial charge in [0.15, 0.2) is 0 Å². The molecule has 0 saturated carbocycles. The van der Waals surface area contributed by atoms with Gasteiger partial charge in [0.05, 0.1) is 30.0 Å². The number of hydrogen-bond donors (Lipinski definition) is 4. The van der Waals surface area contributed by atoms with Crippen LogP contribution in [0.4, 0.5) is 0 Å². The van der Waals surface area contributed by atoms with Crippen molar-refractivity contribution in [3.05, 3.63) is 76.9 Å². The van der Waals surface area contributed by atoms with Gasteiger partial charge in [0.1, 0.15) is 12.2 Å². The molecule has 0 spiro atoms. The van der Waals surface area contributed by atoms with Crippen LogP contribution >= 0.6 is 0 Å². The number of carbonyl (C=O) groups excluding carboxylic acids is 2. The van der Waals surface area contributed by atoms with E-state index in [1.807, 2.05) is 57.2 Å². The van der Waals surface area contributed by atoms with Gasteiger partial charge in [0.2, 0.25) is 0 Å². The number of ether oxygens (including phenoxy) is 2. The zero-order valence-electron chi connectivity index (χ0n) is 30.8. The summed E-state index contributed by atoms with van der Waals surface area (Å²) >= 11 is 0. The Morgan fingerprint density at radius 2 is 1.71 bits per heavy atom. The summed E-state index contributed by atoms with van der Waals surface area (Å²) in [6.07, 6.45) is 13.5. The molecule has 1 aromatic carbocycles. The number of allylic oxidation sites excluding steroid dienone is 4. The number of hydrogen-bond acceptors (Lipinski definition) is 8. The van der Waals surface area contributed by atoms with Gasteiger partial charge in [0, 0.05) is 18.8 Å². The van der Waals surface area contributed by atoms with Gasteiger partial charge in [-0.05, 0) is 102 Å². The van der Waals surface area contributed by atoms with Gasteiger partial charge < -0.3 is 29.9 Å². The lowest BCUT2D eigenvalue weighted by atomic mass is 9.90. The highest BCUT2D eigenvalue weighted by molar-refractivity contribution is 5.90. The number of rotatable bonds is 15. The quantitative estimate of drug-likeness (QED) is 0.0849. The second kappa shape index (κ2) is 21.9. The third-order valence-corrected chi connectivity index (χ3v) is 9.09. The molecule has 0 fully saturated rings. The SMILES string of the molecule is CC(/C=C/c1cccc(C(=O)OC2CCCC(=O)OC(C(C)C/C(C)=C/C(C)C(O)CC(C)O)C/C=C/CC2C)c1)=C\CC(O)CC(C)O. The predicted molar refractivity (Wildman–Crippen MR) is 196 cm³/mol. The van der Waals surface area contributed by atoms with E-state index >= 15 is 0 Å². The van der Waals surface area contributed by atoms with Crippen LogP contribution in [0.2, 0.25) is 0 Å². The zero-order chi connectivity index (χ0) is 36.5. The Labute approximate surface area is 294 Å². The Balaban J connectivity index is 2.02. The van der Waals surface area contributed by atoms with Gasteiger partial charge in [-0.1, -0.05) is 80.5 Å². The highest BCUT2D eigenvalue weighted by Crippen LogP contribution is 2.26. The molecule has 0 aromatic heterocycles. The van der Waals surface area contributed by atoms with E-state index in [4.69, 9.17) is 9.47 Å². The summed E-state index contributed by atoms with van der Waals surface area (Å²) in [6, 6.07) is 7.26. The molecule has 1 aliphatic rings. The molecule has 1 aromatic rings. The average molecular weight is 683 g/mol. The second-order valence-electron chi connectivity index (χ2n) is 14.4. The van der Waals surface area contributed by atoms with Crippen molar-refractivity contribution in [2.75, 3.05) is 0 Å². The van der Waals surface area contributed by atoms with Crippen molar-refractivity contribution in [2.45, 2.75) is 143 Å². The van der Waals surface area contributed by atoms with Crippen LogP contribution in [0.5, 0.6) is 0 Å². The number of esters is 2.